The number of hydrogen-bond acceptors (Lipinski definition) is 8. The summed E-state index contributed by atoms with van der Waals surface area (Å²) in [5.74, 6) is -0.898. The lowest BCUT2D eigenvalue weighted by Gasteiger charge is -2.10. The number of anilines is 2. The Kier molecular flexibility index (Phi) is 6.20. The number of amides is 2. The fourth-order valence-corrected chi connectivity index (χ4v) is 3.38. The lowest BCUT2D eigenvalue weighted by Crippen LogP contribution is -2.34. The summed E-state index contributed by atoms with van der Waals surface area (Å²) in [6, 6.07) is 3.27. The number of nitrogens with zero attached hydrogens (tertiary/aromatic N) is 5. The monoisotopic (exact) mass is 447 g/mol. The number of esters is 1. The second-order valence-corrected chi connectivity index (χ2v) is 7.21. The van der Waals surface area contributed by atoms with Crippen LogP contribution in [0.1, 0.15) is 32.8 Å². The van der Waals surface area contributed by atoms with Crippen LogP contribution < -0.4 is 21.3 Å². The number of rotatable bonds is 7. The van der Waals surface area contributed by atoms with E-state index in [0.29, 0.717) is 28.6 Å². The number of aromatic nitrogens is 4. The summed E-state index contributed by atoms with van der Waals surface area (Å²) < 4.78 is 7.02. The Morgan fingerprint density at radius 2 is 2.12 bits per heavy atom. The molecule has 11 heteroatoms. The Labute approximate surface area is 188 Å². The Balaban J connectivity index is 1.59. The van der Waals surface area contributed by atoms with E-state index < -0.39 is 5.97 Å². The highest BCUT2D eigenvalue weighted by atomic mass is 16.5. The summed E-state index contributed by atoms with van der Waals surface area (Å²) in [4.78, 5) is 52.8. The molecule has 2 N–H and O–H groups in total. The number of ether oxygens (including phenoxy) is 1. The zero-order chi connectivity index (χ0) is 23.4. The zero-order valence-electron chi connectivity index (χ0n) is 18.0. The molecule has 0 aromatic carbocycles. The minimum Gasteiger partial charge on any atom is -0.462 e. The number of aryl methyl sites for hydroxylation is 1. The van der Waals surface area contributed by atoms with Gasteiger partial charge < -0.3 is 19.9 Å². The predicted molar refractivity (Wildman–Crippen MR) is 117 cm³/mol. The van der Waals surface area contributed by atoms with Gasteiger partial charge in [-0.2, -0.15) is 9.98 Å². The van der Waals surface area contributed by atoms with Crippen LogP contribution in [0.3, 0.4) is 0 Å². The van der Waals surface area contributed by atoms with Crippen molar-refractivity contribution in [2.24, 2.45) is 12.0 Å². The smallest absolute Gasteiger partial charge is 0.339 e. The van der Waals surface area contributed by atoms with E-state index in [-0.39, 0.29) is 36.3 Å². The van der Waals surface area contributed by atoms with Gasteiger partial charge in [-0.15, -0.1) is 0 Å². The Hall–Kier alpha value is -4.41. The molecule has 0 aliphatic carbocycles. The first-order valence-corrected chi connectivity index (χ1v) is 10.2. The molecule has 33 heavy (non-hydrogen) atoms. The Morgan fingerprint density at radius 3 is 2.88 bits per heavy atom. The van der Waals surface area contributed by atoms with Crippen LogP contribution in [0.15, 0.2) is 41.9 Å². The van der Waals surface area contributed by atoms with E-state index in [0.717, 1.165) is 5.56 Å². The molecule has 0 atom stereocenters. The van der Waals surface area contributed by atoms with Crippen molar-refractivity contribution in [3.05, 3.63) is 64.4 Å². The van der Waals surface area contributed by atoms with Crippen LogP contribution in [0.25, 0.3) is 6.08 Å². The van der Waals surface area contributed by atoms with Gasteiger partial charge in [0.25, 0.3) is 11.8 Å². The van der Waals surface area contributed by atoms with Crippen LogP contribution in [-0.4, -0.2) is 51.0 Å². The number of pyridine rings is 1. The number of nitrogens with one attached hydrogen (secondary N) is 2. The molecule has 11 nitrogen and oxygen atoms in total. The molecule has 1 aliphatic rings. The molecule has 0 saturated carbocycles. The van der Waals surface area contributed by atoms with Crippen LogP contribution >= 0.6 is 0 Å². The molecular formula is C22H21N7O4. The average molecular weight is 447 g/mol. The molecule has 0 spiro atoms. The lowest BCUT2D eigenvalue weighted by molar-refractivity contribution is -0.117. The fraction of sp³-hybridized carbons (Fsp3) is 0.227. The van der Waals surface area contributed by atoms with E-state index in [9.17, 15) is 14.4 Å². The maximum Gasteiger partial charge on any atom is 0.339 e. The maximum absolute atomic E-state index is 12.5. The number of hydrogen-bond donors (Lipinski definition) is 2. The van der Waals surface area contributed by atoms with E-state index in [4.69, 9.17) is 4.74 Å². The van der Waals surface area contributed by atoms with Gasteiger partial charge in [0.15, 0.2) is 5.49 Å². The van der Waals surface area contributed by atoms with E-state index in [1.54, 1.807) is 48.4 Å². The summed E-state index contributed by atoms with van der Waals surface area (Å²) in [7, 11) is 3.27. The molecule has 2 amide bonds. The van der Waals surface area contributed by atoms with Gasteiger partial charge in [-0.1, -0.05) is 6.08 Å². The first-order valence-electron chi connectivity index (χ1n) is 10.2. The number of carbonyl (C=O) groups excluding carboxylic acids is 3. The number of carbonyl (C=O) groups is 3. The fourth-order valence-electron chi connectivity index (χ4n) is 3.38. The van der Waals surface area contributed by atoms with Crippen LogP contribution in [0.2, 0.25) is 0 Å². The summed E-state index contributed by atoms with van der Waals surface area (Å²) in [5.41, 5.74) is 2.17. The van der Waals surface area contributed by atoms with Crippen molar-refractivity contribution in [1.82, 2.24) is 24.8 Å². The summed E-state index contributed by atoms with van der Waals surface area (Å²) >= 11 is 0. The number of fused-ring (bicyclic) bond motifs is 1. The minimum absolute atomic E-state index is 0.0868. The van der Waals surface area contributed by atoms with Crippen LogP contribution in [0.5, 0.6) is 0 Å². The molecule has 0 fully saturated rings. The van der Waals surface area contributed by atoms with Gasteiger partial charge in [0.05, 0.1) is 17.9 Å². The minimum atomic E-state index is -0.486. The first kappa shape index (κ1) is 21.8. The van der Waals surface area contributed by atoms with Crippen molar-refractivity contribution in [3.8, 4) is 0 Å². The van der Waals surface area contributed by atoms with Gasteiger partial charge in [-0.25, -0.2) is 9.78 Å². The van der Waals surface area contributed by atoms with E-state index in [1.165, 1.54) is 13.2 Å². The molecule has 0 unspecified atom stereocenters. The van der Waals surface area contributed by atoms with Gasteiger partial charge in [0.2, 0.25) is 5.95 Å². The Morgan fingerprint density at radius 1 is 1.27 bits per heavy atom. The van der Waals surface area contributed by atoms with Gasteiger partial charge in [-0.3, -0.25) is 14.6 Å². The summed E-state index contributed by atoms with van der Waals surface area (Å²) in [6.07, 6.45) is 8.61. The van der Waals surface area contributed by atoms with Crippen LogP contribution in [0.4, 0.5) is 11.6 Å². The molecule has 4 heterocycles. The highest BCUT2D eigenvalue weighted by Gasteiger charge is 2.21. The first-order chi connectivity index (χ1) is 16.0. The molecule has 0 saturated heterocycles. The average Bonchev–Trinajstić information content (AvgIpc) is 3.13. The molecule has 1 aliphatic heterocycles. The van der Waals surface area contributed by atoms with Crippen molar-refractivity contribution < 1.29 is 19.1 Å². The van der Waals surface area contributed by atoms with Crippen molar-refractivity contribution in [2.75, 3.05) is 19.0 Å². The Bertz CT molecular complexity index is 1350. The van der Waals surface area contributed by atoms with Gasteiger partial charge >= 0.3 is 5.97 Å². The highest BCUT2D eigenvalue weighted by Crippen LogP contribution is 2.26. The van der Waals surface area contributed by atoms with Crippen molar-refractivity contribution in [1.29, 1.82) is 0 Å². The topological polar surface area (TPSA) is 140 Å². The summed E-state index contributed by atoms with van der Waals surface area (Å²) in [6.45, 7) is 0.0868. The highest BCUT2D eigenvalue weighted by molar-refractivity contribution is 5.99. The summed E-state index contributed by atoms with van der Waals surface area (Å²) in [5, 5.41) is 6.35. The zero-order valence-corrected chi connectivity index (χ0v) is 18.0. The van der Waals surface area contributed by atoms with E-state index in [2.05, 4.69) is 30.6 Å². The predicted octanol–water partition coefficient (Wildman–Crippen LogP) is 0.0432. The van der Waals surface area contributed by atoms with E-state index in [1.807, 2.05) is 0 Å². The third-order valence-corrected chi connectivity index (χ3v) is 4.96. The third kappa shape index (κ3) is 4.76. The SMILES string of the molecule is CNC(=O)c1c(Nc2ncc3c(n2)=NC(=O)CC=3)c(CCOC(=O)c2cccnc2)cn1C. The maximum atomic E-state index is 12.5. The second kappa shape index (κ2) is 9.39. The van der Waals surface area contributed by atoms with Crippen LogP contribution in [-0.2, 0) is 23.0 Å². The quantitative estimate of drug-likeness (QED) is 0.484. The third-order valence-electron chi connectivity index (χ3n) is 4.96. The largest absolute Gasteiger partial charge is 0.462 e. The molecule has 168 valence electrons. The van der Waals surface area contributed by atoms with Gasteiger partial charge in [0, 0.05) is 56.9 Å². The van der Waals surface area contributed by atoms with Crippen LogP contribution in [0, 0.1) is 0 Å². The van der Waals surface area contributed by atoms with Crippen molar-refractivity contribution >= 4 is 35.5 Å². The molecule has 4 rings (SSSR count). The molecular weight excluding hydrogens is 426 g/mol. The van der Waals surface area contributed by atoms with Crippen molar-refractivity contribution in [3.63, 3.8) is 0 Å². The second-order valence-electron chi connectivity index (χ2n) is 7.21. The normalized spacial score (nSPS) is 12.2. The molecule has 3 aromatic rings. The molecule has 3 aromatic heterocycles. The standard InChI is InChI=1S/C22H21N7O4/c1-23-20(31)18-17(27-22-25-11-13-5-6-16(30)26-19(13)28-22)15(12-29(18)2)7-9-33-21(32)14-4-3-8-24-10-14/h3-5,8,10-12H,6-7,9H2,1-2H3,(H,23,31)(H,26,27,28,30). The molecule has 0 bridgehead atoms. The van der Waals surface area contributed by atoms with Gasteiger partial charge in [0.1, 0.15) is 5.69 Å². The van der Waals surface area contributed by atoms with Crippen molar-refractivity contribution in [2.45, 2.75) is 12.8 Å². The lowest BCUT2D eigenvalue weighted by atomic mass is 10.2. The molecule has 0 radical (unpaired) electrons. The van der Waals surface area contributed by atoms with E-state index >= 15 is 0 Å². The van der Waals surface area contributed by atoms with Gasteiger partial charge in [-0.05, 0) is 17.7 Å².